The number of methoxy groups -OCH3 is 1. The molecule has 0 fully saturated rings. The molecule has 0 saturated heterocycles. The van der Waals surface area contributed by atoms with Crippen LogP contribution in [0.5, 0.6) is 5.75 Å². The summed E-state index contributed by atoms with van der Waals surface area (Å²) in [6, 6.07) is 9.15. The Bertz CT molecular complexity index is 935. The minimum absolute atomic E-state index is 0.114. The van der Waals surface area contributed by atoms with Crippen molar-refractivity contribution in [2.45, 2.75) is 25.0 Å². The van der Waals surface area contributed by atoms with E-state index in [-0.39, 0.29) is 17.7 Å². The van der Waals surface area contributed by atoms with Gasteiger partial charge in [0.05, 0.1) is 12.9 Å². The second-order valence-electron chi connectivity index (χ2n) is 6.39. The van der Waals surface area contributed by atoms with Gasteiger partial charge in [0.25, 0.3) is 0 Å². The molecule has 0 spiro atoms. The molecule has 1 N–H and O–H groups in total. The van der Waals surface area contributed by atoms with Crippen LogP contribution in [0.3, 0.4) is 0 Å². The van der Waals surface area contributed by atoms with Crippen LogP contribution in [-0.4, -0.2) is 38.3 Å². The second-order valence-corrected chi connectivity index (χ2v) is 7.33. The average molecular weight is 398 g/mol. The quantitative estimate of drug-likeness (QED) is 0.488. The molecule has 1 amide bonds. The van der Waals surface area contributed by atoms with Crippen molar-refractivity contribution in [1.82, 2.24) is 24.8 Å². The molecule has 8 heteroatoms. The van der Waals surface area contributed by atoms with Crippen molar-refractivity contribution >= 4 is 17.7 Å². The highest BCUT2D eigenvalue weighted by Gasteiger charge is 2.21. The van der Waals surface area contributed by atoms with Crippen LogP contribution in [0, 0.1) is 13.8 Å². The normalized spacial score (nSPS) is 11.9. The lowest BCUT2D eigenvalue weighted by atomic mass is 10.1. The lowest BCUT2D eigenvalue weighted by Gasteiger charge is -2.19. The van der Waals surface area contributed by atoms with Crippen molar-refractivity contribution in [2.24, 2.45) is 7.05 Å². The summed E-state index contributed by atoms with van der Waals surface area (Å²) in [6.07, 6.45) is 3.58. The summed E-state index contributed by atoms with van der Waals surface area (Å²) in [5.74, 6) is 1.62. The molecule has 0 aliphatic carbocycles. The summed E-state index contributed by atoms with van der Waals surface area (Å²) in [7, 11) is 3.53. The molecule has 0 radical (unpaired) electrons. The van der Waals surface area contributed by atoms with Crippen LogP contribution in [0.4, 0.5) is 0 Å². The fourth-order valence-corrected chi connectivity index (χ4v) is 3.60. The van der Waals surface area contributed by atoms with E-state index in [9.17, 15) is 4.79 Å². The van der Waals surface area contributed by atoms with Crippen LogP contribution >= 0.6 is 11.8 Å². The number of hydrogen-bond donors (Lipinski definition) is 1. The van der Waals surface area contributed by atoms with E-state index in [0.29, 0.717) is 5.16 Å². The van der Waals surface area contributed by atoms with Gasteiger partial charge in [-0.1, -0.05) is 23.9 Å². The number of carbonyl (C=O) groups excluding carboxylic acids is 1. The number of amides is 1. The molecule has 7 nitrogen and oxygen atoms in total. The highest BCUT2D eigenvalue weighted by Crippen LogP contribution is 2.23. The maximum atomic E-state index is 12.7. The summed E-state index contributed by atoms with van der Waals surface area (Å²) < 4.78 is 7.12. The average Bonchev–Trinajstić information content (AvgIpc) is 3.09. The zero-order chi connectivity index (χ0) is 20.1. The summed E-state index contributed by atoms with van der Waals surface area (Å²) in [5.41, 5.74) is 2.70. The van der Waals surface area contributed by atoms with Crippen LogP contribution in [0.15, 0.2) is 47.9 Å². The van der Waals surface area contributed by atoms with Gasteiger partial charge in [0.2, 0.25) is 5.91 Å². The molecular formula is C20H23N5O2S. The van der Waals surface area contributed by atoms with Crippen molar-refractivity contribution in [1.29, 1.82) is 0 Å². The topological polar surface area (TPSA) is 81.9 Å². The number of rotatable bonds is 7. The second kappa shape index (κ2) is 8.88. The molecular weight excluding hydrogens is 374 g/mol. The van der Waals surface area contributed by atoms with Gasteiger partial charge >= 0.3 is 0 Å². The molecule has 3 aromatic rings. The van der Waals surface area contributed by atoms with Gasteiger partial charge in [-0.3, -0.25) is 4.79 Å². The Morgan fingerprint density at radius 3 is 2.46 bits per heavy atom. The van der Waals surface area contributed by atoms with E-state index < -0.39 is 0 Å². The van der Waals surface area contributed by atoms with Gasteiger partial charge in [0.1, 0.15) is 17.6 Å². The molecule has 0 bridgehead atoms. The Balaban J connectivity index is 1.75. The smallest absolute Gasteiger partial charge is 0.231 e. The summed E-state index contributed by atoms with van der Waals surface area (Å²) in [5, 5.41) is 3.68. The van der Waals surface area contributed by atoms with Crippen LogP contribution < -0.4 is 10.1 Å². The first-order valence-corrected chi connectivity index (χ1v) is 9.80. The number of carbonyl (C=O) groups is 1. The third-order valence-electron chi connectivity index (χ3n) is 4.17. The molecule has 146 valence electrons. The number of nitrogens with zero attached hydrogens (tertiary/aromatic N) is 4. The number of thioether (sulfide) groups is 1. The molecule has 0 aliphatic rings. The Morgan fingerprint density at radius 2 is 1.89 bits per heavy atom. The minimum atomic E-state index is -0.362. The Morgan fingerprint density at radius 1 is 1.21 bits per heavy atom. The zero-order valence-electron chi connectivity index (χ0n) is 16.3. The maximum Gasteiger partial charge on any atom is 0.231 e. The van der Waals surface area contributed by atoms with Crippen molar-refractivity contribution in [2.75, 3.05) is 12.9 Å². The van der Waals surface area contributed by atoms with Crippen LogP contribution in [0.1, 0.15) is 28.8 Å². The predicted molar refractivity (Wildman–Crippen MR) is 108 cm³/mol. The van der Waals surface area contributed by atoms with Crippen molar-refractivity contribution in [3.8, 4) is 5.75 Å². The van der Waals surface area contributed by atoms with E-state index >= 15 is 0 Å². The van der Waals surface area contributed by atoms with E-state index in [1.165, 1.54) is 11.8 Å². The van der Waals surface area contributed by atoms with Gasteiger partial charge in [0, 0.05) is 30.8 Å². The largest absolute Gasteiger partial charge is 0.497 e. The van der Waals surface area contributed by atoms with E-state index in [4.69, 9.17) is 4.74 Å². The molecule has 1 aromatic carbocycles. The third-order valence-corrected chi connectivity index (χ3v) is 5.01. The first-order chi connectivity index (χ1) is 13.5. The Labute approximate surface area is 168 Å². The monoisotopic (exact) mass is 397 g/mol. The van der Waals surface area contributed by atoms with E-state index in [2.05, 4.69) is 20.3 Å². The van der Waals surface area contributed by atoms with Crippen LogP contribution in [-0.2, 0) is 11.8 Å². The van der Waals surface area contributed by atoms with Gasteiger partial charge in [-0.05, 0) is 37.6 Å². The standard InChI is InChI=1S/C20H23N5O2S/c1-13-11-14(2)23-20(22-13)28-12-17(26)24-18(19-21-9-10-25(19)3)15-5-7-16(27-4)8-6-15/h5-11,18H,12H2,1-4H3,(H,24,26). The van der Waals surface area contributed by atoms with Crippen molar-refractivity contribution in [3.63, 3.8) is 0 Å². The van der Waals surface area contributed by atoms with Gasteiger partial charge in [0.15, 0.2) is 5.16 Å². The Kier molecular flexibility index (Phi) is 6.30. The SMILES string of the molecule is COc1ccc(C(NC(=O)CSc2nc(C)cc(C)n2)c2nccn2C)cc1. The number of hydrogen-bond acceptors (Lipinski definition) is 6. The molecule has 1 atom stereocenters. The Hall–Kier alpha value is -2.87. The van der Waals surface area contributed by atoms with Gasteiger partial charge in [-0.2, -0.15) is 0 Å². The van der Waals surface area contributed by atoms with Crippen molar-refractivity contribution < 1.29 is 9.53 Å². The molecule has 2 heterocycles. The number of ether oxygens (including phenoxy) is 1. The number of imidazole rings is 1. The third kappa shape index (κ3) is 4.89. The summed E-state index contributed by atoms with van der Waals surface area (Å²) in [4.78, 5) is 25.8. The van der Waals surface area contributed by atoms with Gasteiger partial charge in [-0.15, -0.1) is 0 Å². The summed E-state index contributed by atoms with van der Waals surface area (Å²) in [6.45, 7) is 3.83. The fraction of sp³-hybridized carbons (Fsp3) is 0.300. The van der Waals surface area contributed by atoms with E-state index in [0.717, 1.165) is 28.5 Å². The minimum Gasteiger partial charge on any atom is -0.497 e. The van der Waals surface area contributed by atoms with Crippen LogP contribution in [0.2, 0.25) is 0 Å². The lowest BCUT2D eigenvalue weighted by Crippen LogP contribution is -2.32. The lowest BCUT2D eigenvalue weighted by molar-refractivity contribution is -0.119. The predicted octanol–water partition coefficient (Wildman–Crippen LogP) is 2.83. The molecule has 28 heavy (non-hydrogen) atoms. The van der Waals surface area contributed by atoms with Gasteiger partial charge < -0.3 is 14.6 Å². The number of nitrogens with one attached hydrogen (secondary N) is 1. The maximum absolute atomic E-state index is 12.7. The van der Waals surface area contributed by atoms with Crippen molar-refractivity contribution in [3.05, 3.63) is 65.5 Å². The molecule has 3 rings (SSSR count). The molecule has 2 aromatic heterocycles. The first-order valence-electron chi connectivity index (χ1n) is 8.82. The number of benzene rings is 1. The summed E-state index contributed by atoms with van der Waals surface area (Å²) >= 11 is 1.32. The zero-order valence-corrected chi connectivity index (χ0v) is 17.2. The fourth-order valence-electron chi connectivity index (χ4n) is 2.84. The highest BCUT2D eigenvalue weighted by molar-refractivity contribution is 7.99. The van der Waals surface area contributed by atoms with Crippen LogP contribution in [0.25, 0.3) is 0 Å². The molecule has 0 saturated carbocycles. The van der Waals surface area contributed by atoms with E-state index in [1.807, 2.05) is 62.0 Å². The first kappa shape index (κ1) is 19.9. The van der Waals surface area contributed by atoms with E-state index in [1.54, 1.807) is 13.3 Å². The highest BCUT2D eigenvalue weighted by atomic mass is 32.2. The number of aryl methyl sites for hydroxylation is 3. The van der Waals surface area contributed by atoms with Gasteiger partial charge in [-0.25, -0.2) is 15.0 Å². The molecule has 1 unspecified atom stereocenters. The number of aromatic nitrogens is 4. The molecule has 0 aliphatic heterocycles.